The summed E-state index contributed by atoms with van der Waals surface area (Å²) in [6.45, 7) is 5.05. The third-order valence-electron chi connectivity index (χ3n) is 3.01. The maximum Gasteiger partial charge on any atom is 0.305 e. The number of ether oxygens (including phenoxy) is 1. The number of esters is 1. The third-order valence-corrected chi connectivity index (χ3v) is 3.87. The van der Waals surface area contributed by atoms with Crippen LogP contribution in [0, 0.1) is 6.92 Å². The molecule has 19 heavy (non-hydrogen) atoms. The summed E-state index contributed by atoms with van der Waals surface area (Å²) in [5.41, 5.74) is 2.17. The number of halogens is 1. The predicted octanol–water partition coefficient (Wildman–Crippen LogP) is 3.45. The van der Waals surface area contributed by atoms with Crippen LogP contribution >= 0.6 is 15.9 Å². The Hall–Kier alpha value is -1.36. The number of hydrogen-bond donors (Lipinski definition) is 0. The van der Waals surface area contributed by atoms with Crippen LogP contribution in [-0.2, 0) is 16.1 Å². The maximum atomic E-state index is 11.2. The number of aryl methyl sites for hydroxylation is 2. The first-order valence-corrected chi connectivity index (χ1v) is 7.19. The van der Waals surface area contributed by atoms with Gasteiger partial charge in [0.05, 0.1) is 12.1 Å². The van der Waals surface area contributed by atoms with Crippen LogP contribution in [0.1, 0.15) is 25.3 Å². The van der Waals surface area contributed by atoms with Crippen molar-refractivity contribution < 1.29 is 9.53 Å². The largest absolute Gasteiger partial charge is 0.466 e. The van der Waals surface area contributed by atoms with Gasteiger partial charge in [-0.2, -0.15) is 5.10 Å². The van der Waals surface area contributed by atoms with Gasteiger partial charge >= 0.3 is 5.97 Å². The van der Waals surface area contributed by atoms with Crippen LogP contribution in [0.4, 0.5) is 0 Å². The summed E-state index contributed by atoms with van der Waals surface area (Å²) in [5, 5.41) is 5.65. The summed E-state index contributed by atoms with van der Waals surface area (Å²) in [7, 11) is 0. The number of carbonyl (C=O) groups is 1. The second-order valence-electron chi connectivity index (χ2n) is 4.41. The SMILES string of the molecule is CCOC(=O)CCCn1cc2c(C)c(Br)ccc2n1. The molecule has 0 saturated heterocycles. The number of carbonyl (C=O) groups excluding carboxylic acids is 1. The summed E-state index contributed by atoms with van der Waals surface area (Å²) in [4.78, 5) is 11.2. The van der Waals surface area contributed by atoms with E-state index in [1.807, 2.05) is 29.9 Å². The predicted molar refractivity (Wildman–Crippen MR) is 78.0 cm³/mol. The van der Waals surface area contributed by atoms with Crippen LogP contribution in [0.25, 0.3) is 10.9 Å². The van der Waals surface area contributed by atoms with E-state index in [2.05, 4.69) is 28.0 Å². The molecular formula is C14H17BrN2O2. The molecule has 0 aliphatic carbocycles. The lowest BCUT2D eigenvalue weighted by atomic mass is 10.1. The Morgan fingerprint density at radius 3 is 3.00 bits per heavy atom. The van der Waals surface area contributed by atoms with Gasteiger partial charge in [0.1, 0.15) is 0 Å². The molecule has 2 aromatic rings. The summed E-state index contributed by atoms with van der Waals surface area (Å²) >= 11 is 3.52. The molecule has 0 fully saturated rings. The van der Waals surface area contributed by atoms with E-state index >= 15 is 0 Å². The highest BCUT2D eigenvalue weighted by Crippen LogP contribution is 2.24. The highest BCUT2D eigenvalue weighted by atomic mass is 79.9. The van der Waals surface area contributed by atoms with Crippen molar-refractivity contribution in [1.82, 2.24) is 9.78 Å². The Kier molecular flexibility index (Phi) is 4.58. The number of fused-ring (bicyclic) bond motifs is 1. The van der Waals surface area contributed by atoms with Crippen LogP contribution in [0.3, 0.4) is 0 Å². The molecule has 102 valence electrons. The Morgan fingerprint density at radius 2 is 2.26 bits per heavy atom. The fourth-order valence-electron chi connectivity index (χ4n) is 1.99. The van der Waals surface area contributed by atoms with Crippen molar-refractivity contribution in [1.29, 1.82) is 0 Å². The highest BCUT2D eigenvalue weighted by Gasteiger charge is 2.07. The van der Waals surface area contributed by atoms with E-state index in [9.17, 15) is 4.79 Å². The highest BCUT2D eigenvalue weighted by molar-refractivity contribution is 9.10. The van der Waals surface area contributed by atoms with Crippen molar-refractivity contribution in [3.63, 3.8) is 0 Å². The average molecular weight is 325 g/mol. The minimum Gasteiger partial charge on any atom is -0.466 e. The maximum absolute atomic E-state index is 11.2. The molecule has 0 unspecified atom stereocenters. The van der Waals surface area contributed by atoms with Gasteiger partial charge in [-0.15, -0.1) is 0 Å². The number of aromatic nitrogens is 2. The molecule has 0 aliphatic heterocycles. The smallest absolute Gasteiger partial charge is 0.305 e. The van der Waals surface area contributed by atoms with Gasteiger partial charge in [0, 0.05) is 29.0 Å². The molecule has 0 spiro atoms. The van der Waals surface area contributed by atoms with Gasteiger partial charge < -0.3 is 4.74 Å². The van der Waals surface area contributed by atoms with Crippen molar-refractivity contribution in [3.8, 4) is 0 Å². The molecule has 4 nitrogen and oxygen atoms in total. The van der Waals surface area contributed by atoms with Crippen LogP contribution in [0.15, 0.2) is 22.8 Å². The molecule has 0 bridgehead atoms. The van der Waals surface area contributed by atoms with Gasteiger partial charge in [0.25, 0.3) is 0 Å². The zero-order valence-electron chi connectivity index (χ0n) is 11.1. The monoisotopic (exact) mass is 324 g/mol. The van der Waals surface area contributed by atoms with Crippen molar-refractivity contribution in [2.24, 2.45) is 0 Å². The van der Waals surface area contributed by atoms with E-state index < -0.39 is 0 Å². The fraction of sp³-hybridized carbons (Fsp3) is 0.429. The molecule has 0 aliphatic rings. The minimum absolute atomic E-state index is 0.141. The van der Waals surface area contributed by atoms with Gasteiger partial charge in [0.15, 0.2) is 0 Å². The van der Waals surface area contributed by atoms with Crippen LogP contribution in [0.2, 0.25) is 0 Å². The molecule has 0 saturated carbocycles. The first-order chi connectivity index (χ1) is 9.11. The molecular weight excluding hydrogens is 308 g/mol. The summed E-state index contributed by atoms with van der Waals surface area (Å²) < 4.78 is 7.88. The standard InChI is InChI=1S/C14H17BrN2O2/c1-3-19-14(18)5-4-8-17-9-11-10(2)12(15)6-7-13(11)16-17/h6-7,9H,3-5,8H2,1-2H3. The lowest BCUT2D eigenvalue weighted by Gasteiger charge is -2.01. The van der Waals surface area contributed by atoms with Crippen molar-refractivity contribution in [3.05, 3.63) is 28.4 Å². The number of benzene rings is 1. The van der Waals surface area contributed by atoms with Gasteiger partial charge in [0.2, 0.25) is 0 Å². The van der Waals surface area contributed by atoms with Gasteiger partial charge in [-0.05, 0) is 38.0 Å². The lowest BCUT2D eigenvalue weighted by Crippen LogP contribution is -2.06. The Bertz CT molecular complexity index is 592. The Labute approximate surface area is 120 Å². The molecule has 0 N–H and O–H groups in total. The summed E-state index contributed by atoms with van der Waals surface area (Å²) in [5.74, 6) is -0.141. The van der Waals surface area contributed by atoms with Gasteiger partial charge in [-0.25, -0.2) is 0 Å². The zero-order valence-corrected chi connectivity index (χ0v) is 12.7. The normalized spacial score (nSPS) is 10.9. The van der Waals surface area contributed by atoms with Gasteiger partial charge in [-0.1, -0.05) is 15.9 Å². The van der Waals surface area contributed by atoms with E-state index in [0.717, 1.165) is 28.3 Å². The minimum atomic E-state index is -0.141. The van der Waals surface area contributed by atoms with Crippen LogP contribution < -0.4 is 0 Å². The first-order valence-electron chi connectivity index (χ1n) is 6.39. The van der Waals surface area contributed by atoms with Crippen LogP contribution in [0.5, 0.6) is 0 Å². The average Bonchev–Trinajstić information content (AvgIpc) is 2.78. The number of nitrogens with zero attached hydrogens (tertiary/aromatic N) is 2. The molecule has 1 aromatic carbocycles. The van der Waals surface area contributed by atoms with Gasteiger partial charge in [-0.3, -0.25) is 9.48 Å². The third kappa shape index (κ3) is 3.35. The van der Waals surface area contributed by atoms with Crippen molar-refractivity contribution in [2.45, 2.75) is 33.2 Å². The second kappa shape index (κ2) is 6.19. The second-order valence-corrected chi connectivity index (χ2v) is 5.26. The Balaban J connectivity index is 2.02. The van der Waals surface area contributed by atoms with Crippen molar-refractivity contribution >= 4 is 32.8 Å². The summed E-state index contributed by atoms with van der Waals surface area (Å²) in [6.07, 6.45) is 3.21. The molecule has 2 rings (SSSR count). The lowest BCUT2D eigenvalue weighted by molar-refractivity contribution is -0.143. The van der Waals surface area contributed by atoms with Crippen molar-refractivity contribution in [2.75, 3.05) is 6.61 Å². The van der Waals surface area contributed by atoms with E-state index in [-0.39, 0.29) is 5.97 Å². The Morgan fingerprint density at radius 1 is 1.47 bits per heavy atom. The fourth-order valence-corrected chi connectivity index (χ4v) is 2.33. The summed E-state index contributed by atoms with van der Waals surface area (Å²) in [6, 6.07) is 4.00. The van der Waals surface area contributed by atoms with E-state index in [4.69, 9.17) is 4.74 Å². The molecule has 1 aromatic heterocycles. The zero-order chi connectivity index (χ0) is 13.8. The van der Waals surface area contributed by atoms with E-state index in [0.29, 0.717) is 13.0 Å². The molecule has 5 heteroatoms. The quantitative estimate of drug-likeness (QED) is 0.791. The molecule has 0 atom stereocenters. The molecule has 0 radical (unpaired) electrons. The topological polar surface area (TPSA) is 44.1 Å². The first kappa shape index (κ1) is 14.1. The number of hydrogen-bond acceptors (Lipinski definition) is 3. The molecule has 1 heterocycles. The number of rotatable bonds is 5. The van der Waals surface area contributed by atoms with E-state index in [1.165, 1.54) is 5.56 Å². The van der Waals surface area contributed by atoms with Crippen LogP contribution in [-0.4, -0.2) is 22.4 Å². The van der Waals surface area contributed by atoms with E-state index in [1.54, 1.807) is 0 Å². The molecule has 0 amide bonds.